The summed E-state index contributed by atoms with van der Waals surface area (Å²) in [4.78, 5) is 18.1. The minimum atomic E-state index is -4.16. The van der Waals surface area contributed by atoms with Crippen molar-refractivity contribution >= 4 is 49.6 Å². The van der Waals surface area contributed by atoms with Crippen molar-refractivity contribution in [2.24, 2.45) is 0 Å². The molecule has 5 rings (SSSR count). The largest absolute Gasteiger partial charge is 0.494 e. The van der Waals surface area contributed by atoms with Crippen LogP contribution in [0, 0.1) is 11.6 Å². The van der Waals surface area contributed by atoms with Crippen molar-refractivity contribution in [3.05, 3.63) is 72.1 Å². The van der Waals surface area contributed by atoms with Crippen LogP contribution >= 0.6 is 0 Å². The van der Waals surface area contributed by atoms with Gasteiger partial charge in [-0.15, -0.1) is 0 Å². The van der Waals surface area contributed by atoms with Gasteiger partial charge in [0, 0.05) is 36.5 Å². The summed E-state index contributed by atoms with van der Waals surface area (Å²) in [6.07, 6.45) is 0.977. The summed E-state index contributed by atoms with van der Waals surface area (Å²) in [7, 11) is -1.89. The average Bonchev–Trinajstić information content (AvgIpc) is 3.42. The first-order valence-corrected chi connectivity index (χ1v) is 15.4. The molecule has 45 heavy (non-hydrogen) atoms. The minimum absolute atomic E-state index is 0.0126. The lowest BCUT2D eigenvalue weighted by Gasteiger charge is -2.29. The molecule has 12 nitrogen and oxygen atoms in total. The van der Waals surface area contributed by atoms with Crippen LogP contribution in [-0.2, 0) is 19.4 Å². The van der Waals surface area contributed by atoms with Gasteiger partial charge in [-0.05, 0) is 30.3 Å². The zero-order valence-corrected chi connectivity index (χ0v) is 25.3. The molecule has 1 amide bonds. The topological polar surface area (TPSA) is 152 Å². The van der Waals surface area contributed by atoms with Gasteiger partial charge in [0.1, 0.15) is 16.8 Å². The van der Waals surface area contributed by atoms with Crippen LogP contribution in [0.3, 0.4) is 0 Å². The Labute approximate surface area is 257 Å². The van der Waals surface area contributed by atoms with Crippen LogP contribution in [-0.4, -0.2) is 71.2 Å². The minimum Gasteiger partial charge on any atom is -0.494 e. The first-order valence-electron chi connectivity index (χ1n) is 13.5. The fraction of sp³-hybridized carbons (Fsp3) is 0.267. The number of pyridine rings is 1. The molecular weight excluding hydrogens is 614 g/mol. The summed E-state index contributed by atoms with van der Waals surface area (Å²) in [6, 6.07) is 7.64. The van der Waals surface area contributed by atoms with Crippen LogP contribution in [0.15, 0.2) is 58.5 Å². The van der Waals surface area contributed by atoms with Gasteiger partial charge in [-0.3, -0.25) is 4.79 Å². The molecule has 0 bridgehead atoms. The molecule has 3 N–H and O–H groups in total. The van der Waals surface area contributed by atoms with Crippen LogP contribution in [0.2, 0.25) is 0 Å². The SMILES string of the molecule is C=CC(=O)Nc1cc(N2CCOCC2)ccc1Nc1cc2c(S(C)(=O)=O)c(C(O)c3c(F)c(OC)cc(OC)c3F)oc2cn1. The molecule has 1 aliphatic rings. The van der Waals surface area contributed by atoms with Crippen molar-refractivity contribution in [2.45, 2.75) is 11.0 Å². The number of furan rings is 1. The van der Waals surface area contributed by atoms with E-state index in [-0.39, 0.29) is 16.8 Å². The number of aromatic nitrogens is 1. The molecule has 3 heterocycles. The lowest BCUT2D eigenvalue weighted by Crippen LogP contribution is -2.36. The number of morpholine rings is 1. The number of carbonyl (C=O) groups excluding carboxylic acids is 1. The number of rotatable bonds is 10. The van der Waals surface area contributed by atoms with E-state index in [1.807, 2.05) is 6.07 Å². The van der Waals surface area contributed by atoms with Crippen LogP contribution < -0.4 is 25.0 Å². The zero-order valence-electron chi connectivity index (χ0n) is 24.5. The number of nitrogens with one attached hydrogen (secondary N) is 2. The molecule has 0 radical (unpaired) electrons. The molecule has 4 aromatic rings. The standard InChI is InChI=1S/C30H30F2N4O8S/c1-5-24(37)35-19-12-16(36-8-10-43-11-9-36)6-7-18(19)34-23-13-17-22(15-33-23)44-29(30(17)45(4,39)40)28(38)25-26(31)20(41-2)14-21(42-3)27(25)32/h5-7,12-15,28,38H,1,8-11H2,2-4H3,(H,33,34)(H,35,37). The summed E-state index contributed by atoms with van der Waals surface area (Å²) >= 11 is 0. The second kappa shape index (κ2) is 12.7. The number of sulfone groups is 1. The second-order valence-corrected chi connectivity index (χ2v) is 12.0. The van der Waals surface area contributed by atoms with E-state index in [1.165, 1.54) is 12.3 Å². The molecular formula is C30H30F2N4O8S. The number of amides is 1. The van der Waals surface area contributed by atoms with Crippen molar-refractivity contribution in [3.63, 3.8) is 0 Å². The summed E-state index contributed by atoms with van der Waals surface area (Å²) in [6.45, 7) is 5.95. The number of aliphatic hydroxyl groups is 1. The lowest BCUT2D eigenvalue weighted by atomic mass is 10.0. The summed E-state index contributed by atoms with van der Waals surface area (Å²) < 4.78 is 77.5. The predicted octanol–water partition coefficient (Wildman–Crippen LogP) is 4.31. The Balaban J connectivity index is 1.59. The fourth-order valence-electron chi connectivity index (χ4n) is 4.99. The third-order valence-electron chi connectivity index (χ3n) is 7.14. The van der Waals surface area contributed by atoms with Crippen LogP contribution in [0.25, 0.3) is 11.0 Å². The number of halogens is 2. The highest BCUT2D eigenvalue weighted by Gasteiger charge is 2.34. The number of methoxy groups -OCH3 is 2. The molecule has 1 unspecified atom stereocenters. The van der Waals surface area contributed by atoms with Crippen molar-refractivity contribution < 1.29 is 45.7 Å². The van der Waals surface area contributed by atoms with Gasteiger partial charge >= 0.3 is 0 Å². The maximum absolute atomic E-state index is 15.2. The number of nitrogens with zero attached hydrogens (tertiary/aromatic N) is 2. The summed E-state index contributed by atoms with van der Waals surface area (Å²) in [5.41, 5.74) is 0.660. The number of hydrogen-bond acceptors (Lipinski definition) is 11. The van der Waals surface area contributed by atoms with E-state index in [2.05, 4.69) is 27.1 Å². The van der Waals surface area contributed by atoms with Gasteiger partial charge in [-0.1, -0.05) is 6.58 Å². The van der Waals surface area contributed by atoms with E-state index < -0.39 is 61.2 Å². The Hall–Kier alpha value is -4.73. The molecule has 1 saturated heterocycles. The third kappa shape index (κ3) is 6.27. The monoisotopic (exact) mass is 644 g/mol. The molecule has 0 saturated carbocycles. The number of fused-ring (bicyclic) bond motifs is 1. The molecule has 15 heteroatoms. The maximum atomic E-state index is 15.2. The lowest BCUT2D eigenvalue weighted by molar-refractivity contribution is -0.111. The molecule has 2 aromatic heterocycles. The van der Waals surface area contributed by atoms with E-state index >= 15 is 8.78 Å². The number of ether oxygens (including phenoxy) is 3. The Morgan fingerprint density at radius 2 is 1.78 bits per heavy atom. The highest BCUT2D eigenvalue weighted by Crippen LogP contribution is 2.42. The first-order chi connectivity index (χ1) is 21.5. The van der Waals surface area contributed by atoms with Gasteiger partial charge in [0.2, 0.25) is 5.91 Å². The Kier molecular flexibility index (Phi) is 8.95. The van der Waals surface area contributed by atoms with E-state index in [0.717, 1.165) is 38.3 Å². The van der Waals surface area contributed by atoms with Crippen LogP contribution in [0.5, 0.6) is 11.5 Å². The third-order valence-corrected chi connectivity index (χ3v) is 8.30. The molecule has 238 valence electrons. The molecule has 1 atom stereocenters. The van der Waals surface area contributed by atoms with Gasteiger partial charge in [0.15, 0.2) is 44.3 Å². The number of benzene rings is 2. The number of hydrogen-bond donors (Lipinski definition) is 3. The first kappa shape index (κ1) is 31.7. The molecule has 1 aliphatic heterocycles. The Morgan fingerprint density at radius 1 is 1.11 bits per heavy atom. The fourth-order valence-corrected chi connectivity index (χ4v) is 6.07. The van der Waals surface area contributed by atoms with Gasteiger partial charge in [0.05, 0.1) is 50.6 Å². The average molecular weight is 645 g/mol. The highest BCUT2D eigenvalue weighted by molar-refractivity contribution is 7.91. The molecule has 0 aliphatic carbocycles. The van der Waals surface area contributed by atoms with Crippen molar-refractivity contribution in [2.75, 3.05) is 62.3 Å². The van der Waals surface area contributed by atoms with Crippen molar-refractivity contribution in [3.8, 4) is 11.5 Å². The van der Waals surface area contributed by atoms with Gasteiger partial charge in [-0.25, -0.2) is 22.2 Å². The van der Waals surface area contributed by atoms with Gasteiger partial charge < -0.3 is 39.3 Å². The van der Waals surface area contributed by atoms with E-state index in [4.69, 9.17) is 18.6 Å². The molecule has 1 fully saturated rings. The van der Waals surface area contributed by atoms with Crippen molar-refractivity contribution in [1.29, 1.82) is 0 Å². The second-order valence-electron chi connectivity index (χ2n) is 10.0. The predicted molar refractivity (Wildman–Crippen MR) is 162 cm³/mol. The highest BCUT2D eigenvalue weighted by atomic mass is 32.2. The van der Waals surface area contributed by atoms with E-state index in [9.17, 15) is 18.3 Å². The number of anilines is 4. The maximum Gasteiger partial charge on any atom is 0.247 e. The Bertz CT molecular complexity index is 1860. The van der Waals surface area contributed by atoms with Crippen LogP contribution in [0.1, 0.15) is 17.4 Å². The van der Waals surface area contributed by atoms with Gasteiger partial charge in [0.25, 0.3) is 0 Å². The zero-order chi connectivity index (χ0) is 32.5. The van der Waals surface area contributed by atoms with E-state index in [1.54, 1.807) is 12.1 Å². The Morgan fingerprint density at radius 3 is 2.38 bits per heavy atom. The normalized spacial score (nSPS) is 14.2. The van der Waals surface area contributed by atoms with Crippen molar-refractivity contribution in [1.82, 2.24) is 4.98 Å². The molecule has 2 aromatic carbocycles. The smallest absolute Gasteiger partial charge is 0.247 e. The number of aliphatic hydroxyl groups excluding tert-OH is 1. The number of carbonyl (C=O) groups is 1. The summed E-state index contributed by atoms with van der Waals surface area (Å²) in [5.74, 6) is -4.35. The van der Waals surface area contributed by atoms with Crippen LogP contribution in [0.4, 0.5) is 31.7 Å². The quantitative estimate of drug-likeness (QED) is 0.212. The van der Waals surface area contributed by atoms with E-state index in [0.29, 0.717) is 37.7 Å². The summed E-state index contributed by atoms with van der Waals surface area (Å²) in [5, 5.41) is 17.0. The van der Waals surface area contributed by atoms with Gasteiger partial charge in [-0.2, -0.15) is 0 Å². The molecule has 0 spiro atoms.